The minimum atomic E-state index is -1.06. The fourth-order valence-corrected chi connectivity index (χ4v) is 1.78. The van der Waals surface area contributed by atoms with Gasteiger partial charge in [0.2, 0.25) is 0 Å². The first-order valence-corrected chi connectivity index (χ1v) is 5.87. The molecule has 104 valence electrons. The highest BCUT2D eigenvalue weighted by Gasteiger charge is 2.32. The third-order valence-electron chi connectivity index (χ3n) is 2.76. The molecule has 2 heterocycles. The van der Waals surface area contributed by atoms with Gasteiger partial charge in [-0.25, -0.2) is 9.59 Å². The molecule has 9 nitrogen and oxygen atoms in total. The van der Waals surface area contributed by atoms with Crippen LogP contribution in [0.25, 0.3) is 0 Å². The van der Waals surface area contributed by atoms with E-state index in [1.54, 1.807) is 17.1 Å². The molecule has 1 saturated heterocycles. The lowest BCUT2D eigenvalue weighted by Crippen LogP contribution is -2.55. The molecule has 0 bridgehead atoms. The Hall–Kier alpha value is -2.16. The van der Waals surface area contributed by atoms with E-state index < -0.39 is 18.0 Å². The van der Waals surface area contributed by atoms with Crippen molar-refractivity contribution in [2.45, 2.75) is 12.6 Å². The smallest absolute Gasteiger partial charge is 0.328 e. The van der Waals surface area contributed by atoms with Crippen molar-refractivity contribution in [2.24, 2.45) is 0 Å². The quantitative estimate of drug-likeness (QED) is 0.708. The van der Waals surface area contributed by atoms with Gasteiger partial charge in [-0.15, -0.1) is 5.10 Å². The molecule has 2 rings (SSSR count). The van der Waals surface area contributed by atoms with Crippen molar-refractivity contribution >= 4 is 12.0 Å². The van der Waals surface area contributed by atoms with Crippen LogP contribution in [0.4, 0.5) is 4.79 Å². The van der Waals surface area contributed by atoms with Gasteiger partial charge in [0.1, 0.15) is 0 Å². The van der Waals surface area contributed by atoms with Crippen LogP contribution < -0.4 is 5.32 Å². The third-order valence-corrected chi connectivity index (χ3v) is 2.76. The summed E-state index contributed by atoms with van der Waals surface area (Å²) in [7, 11) is 0. The van der Waals surface area contributed by atoms with Gasteiger partial charge in [0.05, 0.1) is 26.0 Å². The van der Waals surface area contributed by atoms with E-state index in [9.17, 15) is 9.59 Å². The SMILES string of the molecule is O=C(O)C1COCCN1C(=O)NCCn1ccnn1. The molecule has 2 N–H and O–H groups in total. The van der Waals surface area contributed by atoms with Crippen molar-refractivity contribution < 1.29 is 19.4 Å². The normalized spacial score (nSPS) is 19.2. The predicted octanol–water partition coefficient (Wildman–Crippen LogP) is -1.23. The Balaban J connectivity index is 1.82. The van der Waals surface area contributed by atoms with Gasteiger partial charge < -0.3 is 20.1 Å². The maximum atomic E-state index is 11.9. The number of carbonyl (C=O) groups excluding carboxylic acids is 1. The van der Waals surface area contributed by atoms with E-state index in [0.29, 0.717) is 19.7 Å². The van der Waals surface area contributed by atoms with Crippen LogP contribution in [-0.4, -0.2) is 69.3 Å². The second-order valence-electron chi connectivity index (χ2n) is 4.02. The van der Waals surface area contributed by atoms with E-state index >= 15 is 0 Å². The number of aliphatic carboxylic acids is 1. The predicted molar refractivity (Wildman–Crippen MR) is 62.4 cm³/mol. The number of amides is 2. The molecule has 1 fully saturated rings. The minimum Gasteiger partial charge on any atom is -0.480 e. The molecule has 9 heteroatoms. The average Bonchev–Trinajstić information content (AvgIpc) is 2.91. The second-order valence-corrected chi connectivity index (χ2v) is 4.02. The van der Waals surface area contributed by atoms with Crippen molar-refractivity contribution in [2.75, 3.05) is 26.3 Å². The number of morpholine rings is 1. The lowest BCUT2D eigenvalue weighted by atomic mass is 10.2. The number of carboxylic acid groups (broad SMARTS) is 1. The van der Waals surface area contributed by atoms with E-state index in [4.69, 9.17) is 9.84 Å². The van der Waals surface area contributed by atoms with Crippen LogP contribution in [0.5, 0.6) is 0 Å². The van der Waals surface area contributed by atoms with Crippen LogP contribution in [-0.2, 0) is 16.1 Å². The molecule has 0 aliphatic carbocycles. The molecule has 0 saturated carbocycles. The number of nitrogens with one attached hydrogen (secondary N) is 1. The first kappa shape index (κ1) is 13.3. The van der Waals surface area contributed by atoms with Crippen molar-refractivity contribution in [3.05, 3.63) is 12.4 Å². The number of urea groups is 1. The molecule has 1 unspecified atom stereocenters. The Morgan fingerprint density at radius 3 is 3.05 bits per heavy atom. The molecular formula is C10H15N5O4. The topological polar surface area (TPSA) is 110 Å². The summed E-state index contributed by atoms with van der Waals surface area (Å²) < 4.78 is 6.64. The maximum absolute atomic E-state index is 11.9. The summed E-state index contributed by atoms with van der Waals surface area (Å²) in [6, 6.07) is -1.34. The van der Waals surface area contributed by atoms with Crippen LogP contribution in [0.15, 0.2) is 12.4 Å². The number of hydrogen-bond donors (Lipinski definition) is 2. The zero-order valence-electron chi connectivity index (χ0n) is 10.2. The number of ether oxygens (including phenoxy) is 1. The molecule has 1 aliphatic heterocycles. The summed E-state index contributed by atoms with van der Waals surface area (Å²) in [4.78, 5) is 24.2. The van der Waals surface area contributed by atoms with Gasteiger partial charge in [-0.05, 0) is 0 Å². The van der Waals surface area contributed by atoms with Crippen molar-refractivity contribution in [1.29, 1.82) is 0 Å². The van der Waals surface area contributed by atoms with Crippen LogP contribution in [0.1, 0.15) is 0 Å². The first-order chi connectivity index (χ1) is 9.18. The van der Waals surface area contributed by atoms with Crippen molar-refractivity contribution in [1.82, 2.24) is 25.2 Å². The third kappa shape index (κ3) is 3.41. The standard InChI is InChI=1S/C10H15N5O4/c16-9(17)8-7-19-6-5-15(8)10(18)11-1-3-14-4-2-12-13-14/h2,4,8H,1,3,5-7H2,(H,11,18)(H,16,17). The summed E-state index contributed by atoms with van der Waals surface area (Å²) in [5.41, 5.74) is 0. The molecule has 1 aliphatic rings. The summed E-state index contributed by atoms with van der Waals surface area (Å²) in [6.07, 6.45) is 3.23. The average molecular weight is 269 g/mol. The van der Waals surface area contributed by atoms with Gasteiger partial charge in [-0.2, -0.15) is 0 Å². The summed E-state index contributed by atoms with van der Waals surface area (Å²) >= 11 is 0. The molecule has 1 aromatic rings. The van der Waals surface area contributed by atoms with Gasteiger partial charge in [-0.1, -0.05) is 5.21 Å². The fraction of sp³-hybridized carbons (Fsp3) is 0.600. The minimum absolute atomic E-state index is 0.0197. The molecule has 2 amide bonds. The lowest BCUT2D eigenvalue weighted by molar-refractivity contribution is -0.147. The van der Waals surface area contributed by atoms with E-state index in [1.807, 2.05) is 0 Å². The number of aromatic nitrogens is 3. The van der Waals surface area contributed by atoms with Gasteiger partial charge in [0, 0.05) is 19.3 Å². The molecular weight excluding hydrogens is 254 g/mol. The molecule has 19 heavy (non-hydrogen) atoms. The fourth-order valence-electron chi connectivity index (χ4n) is 1.78. The highest BCUT2D eigenvalue weighted by Crippen LogP contribution is 2.07. The Bertz CT molecular complexity index is 435. The maximum Gasteiger partial charge on any atom is 0.328 e. The first-order valence-electron chi connectivity index (χ1n) is 5.87. The van der Waals surface area contributed by atoms with Crippen LogP contribution >= 0.6 is 0 Å². The Morgan fingerprint density at radius 1 is 1.53 bits per heavy atom. The van der Waals surface area contributed by atoms with E-state index in [-0.39, 0.29) is 13.2 Å². The highest BCUT2D eigenvalue weighted by atomic mass is 16.5. The molecule has 0 radical (unpaired) electrons. The molecule has 0 aromatic carbocycles. The summed E-state index contributed by atoms with van der Waals surface area (Å²) in [6.45, 7) is 1.47. The van der Waals surface area contributed by atoms with E-state index in [2.05, 4.69) is 15.6 Å². The van der Waals surface area contributed by atoms with Crippen molar-refractivity contribution in [3.8, 4) is 0 Å². The van der Waals surface area contributed by atoms with Crippen LogP contribution in [0, 0.1) is 0 Å². The largest absolute Gasteiger partial charge is 0.480 e. The molecule has 0 spiro atoms. The van der Waals surface area contributed by atoms with Crippen LogP contribution in [0.3, 0.4) is 0 Å². The molecule has 1 atom stereocenters. The number of nitrogens with zero attached hydrogens (tertiary/aromatic N) is 4. The lowest BCUT2D eigenvalue weighted by Gasteiger charge is -2.32. The van der Waals surface area contributed by atoms with Crippen molar-refractivity contribution in [3.63, 3.8) is 0 Å². The zero-order valence-corrected chi connectivity index (χ0v) is 10.2. The van der Waals surface area contributed by atoms with Gasteiger partial charge in [-0.3, -0.25) is 4.68 Å². The number of carbonyl (C=O) groups is 2. The monoisotopic (exact) mass is 269 g/mol. The Morgan fingerprint density at radius 2 is 2.37 bits per heavy atom. The Labute approximate surface area is 109 Å². The number of rotatable bonds is 4. The van der Waals surface area contributed by atoms with Crippen LogP contribution in [0.2, 0.25) is 0 Å². The van der Waals surface area contributed by atoms with Gasteiger partial charge >= 0.3 is 12.0 Å². The Kier molecular flexibility index (Phi) is 4.29. The summed E-state index contributed by atoms with van der Waals surface area (Å²) in [5.74, 6) is -1.06. The second kappa shape index (κ2) is 6.14. The van der Waals surface area contributed by atoms with Gasteiger partial charge in [0.25, 0.3) is 0 Å². The number of carboxylic acids is 1. The van der Waals surface area contributed by atoms with E-state index in [0.717, 1.165) is 0 Å². The van der Waals surface area contributed by atoms with Gasteiger partial charge in [0.15, 0.2) is 6.04 Å². The van der Waals surface area contributed by atoms with E-state index in [1.165, 1.54) is 4.90 Å². The zero-order chi connectivity index (χ0) is 13.7. The summed E-state index contributed by atoms with van der Waals surface area (Å²) in [5, 5.41) is 19.1. The highest BCUT2D eigenvalue weighted by molar-refractivity contribution is 5.82. The number of hydrogen-bond acceptors (Lipinski definition) is 5. The molecule has 1 aromatic heterocycles.